The van der Waals surface area contributed by atoms with E-state index in [4.69, 9.17) is 22.1 Å². The minimum atomic E-state index is -1.11. The number of aromatic carboxylic acids is 1. The molecule has 0 aliphatic carbocycles. The number of nitrogens with zero attached hydrogens (tertiary/aromatic N) is 1. The molecule has 2 amide bonds. The zero-order chi connectivity index (χ0) is 22.7. The molecular weight excluding hydrogens is 428 g/mol. The largest absolute Gasteiger partial charge is 0.478 e. The summed E-state index contributed by atoms with van der Waals surface area (Å²) in [5.41, 5.74) is 0.739. The second kappa shape index (κ2) is 8.83. The maximum Gasteiger partial charge on any atom is 0.335 e. The molecule has 1 fully saturated rings. The highest BCUT2D eigenvalue weighted by molar-refractivity contribution is 7.80. The van der Waals surface area contributed by atoms with Crippen LogP contribution in [0.25, 0.3) is 6.08 Å². The van der Waals surface area contributed by atoms with E-state index in [1.165, 1.54) is 29.2 Å². The van der Waals surface area contributed by atoms with Crippen LogP contribution in [-0.2, 0) is 9.59 Å². The maximum absolute atomic E-state index is 13.1. The lowest BCUT2D eigenvalue weighted by Gasteiger charge is -2.29. The van der Waals surface area contributed by atoms with Gasteiger partial charge in [0.15, 0.2) is 5.11 Å². The van der Waals surface area contributed by atoms with Crippen LogP contribution in [0.3, 0.4) is 0 Å². The van der Waals surface area contributed by atoms with Crippen LogP contribution < -0.4 is 15.0 Å². The Bertz CT molecular complexity index is 1250. The average molecular weight is 444 g/mol. The SMILES string of the molecule is O=C1NC(=S)N(c2ccc(Oc3ccccc3)cc2)C(=O)/C1=C/c1cccc(C(=O)O)c1. The first-order valence-electron chi connectivity index (χ1n) is 9.50. The van der Waals surface area contributed by atoms with E-state index in [0.717, 1.165) is 0 Å². The van der Waals surface area contributed by atoms with Gasteiger partial charge in [0.1, 0.15) is 17.1 Å². The number of rotatable bonds is 5. The summed E-state index contributed by atoms with van der Waals surface area (Å²) in [6.07, 6.45) is 1.34. The monoisotopic (exact) mass is 444 g/mol. The molecule has 1 aliphatic rings. The molecule has 8 heteroatoms. The molecule has 0 bridgehead atoms. The molecule has 32 heavy (non-hydrogen) atoms. The molecule has 0 atom stereocenters. The smallest absolute Gasteiger partial charge is 0.335 e. The second-order valence-electron chi connectivity index (χ2n) is 6.80. The molecule has 7 nitrogen and oxygen atoms in total. The number of carbonyl (C=O) groups is 3. The number of benzene rings is 3. The van der Waals surface area contributed by atoms with Crippen molar-refractivity contribution >= 4 is 46.9 Å². The zero-order valence-electron chi connectivity index (χ0n) is 16.5. The highest BCUT2D eigenvalue weighted by Crippen LogP contribution is 2.27. The Labute approximate surface area is 188 Å². The summed E-state index contributed by atoms with van der Waals surface area (Å²) in [5.74, 6) is -1.13. The van der Waals surface area contributed by atoms with Crippen LogP contribution in [-0.4, -0.2) is 28.0 Å². The molecule has 1 aliphatic heterocycles. The van der Waals surface area contributed by atoms with Crippen molar-refractivity contribution in [3.05, 3.63) is 95.6 Å². The van der Waals surface area contributed by atoms with Crippen molar-refractivity contribution in [1.29, 1.82) is 0 Å². The van der Waals surface area contributed by atoms with Crippen molar-refractivity contribution in [3.8, 4) is 11.5 Å². The van der Waals surface area contributed by atoms with Crippen LogP contribution >= 0.6 is 12.2 Å². The van der Waals surface area contributed by atoms with Crippen LogP contribution in [0.2, 0.25) is 0 Å². The van der Waals surface area contributed by atoms with Crippen LogP contribution in [0.15, 0.2) is 84.4 Å². The van der Waals surface area contributed by atoms with Crippen molar-refractivity contribution in [2.75, 3.05) is 4.90 Å². The molecule has 0 spiro atoms. The minimum Gasteiger partial charge on any atom is -0.478 e. The Morgan fingerprint density at radius 1 is 0.938 bits per heavy atom. The highest BCUT2D eigenvalue weighted by Gasteiger charge is 2.34. The summed E-state index contributed by atoms with van der Waals surface area (Å²) in [6.45, 7) is 0. The first-order valence-corrected chi connectivity index (χ1v) is 9.91. The van der Waals surface area contributed by atoms with Gasteiger partial charge in [-0.15, -0.1) is 0 Å². The summed E-state index contributed by atoms with van der Waals surface area (Å²) in [7, 11) is 0. The van der Waals surface area contributed by atoms with Gasteiger partial charge < -0.3 is 9.84 Å². The number of carbonyl (C=O) groups excluding carboxylic acids is 2. The van der Waals surface area contributed by atoms with Gasteiger partial charge in [-0.1, -0.05) is 30.3 Å². The molecule has 1 heterocycles. The summed E-state index contributed by atoms with van der Waals surface area (Å²) in [4.78, 5) is 37.9. The van der Waals surface area contributed by atoms with Gasteiger partial charge in [0.2, 0.25) is 0 Å². The number of anilines is 1. The van der Waals surface area contributed by atoms with E-state index in [0.29, 0.717) is 22.7 Å². The minimum absolute atomic E-state index is 0.0457. The average Bonchev–Trinajstić information content (AvgIpc) is 2.78. The fraction of sp³-hybridized carbons (Fsp3) is 0. The highest BCUT2D eigenvalue weighted by atomic mass is 32.1. The Kier molecular flexibility index (Phi) is 5.78. The lowest BCUT2D eigenvalue weighted by atomic mass is 10.0. The van der Waals surface area contributed by atoms with E-state index in [-0.39, 0.29) is 16.2 Å². The van der Waals surface area contributed by atoms with Gasteiger partial charge in [-0.05, 0) is 72.4 Å². The van der Waals surface area contributed by atoms with Crippen molar-refractivity contribution in [3.63, 3.8) is 0 Å². The van der Waals surface area contributed by atoms with Gasteiger partial charge >= 0.3 is 5.97 Å². The van der Waals surface area contributed by atoms with Crippen LogP contribution in [0.4, 0.5) is 5.69 Å². The van der Waals surface area contributed by atoms with E-state index in [1.807, 2.05) is 30.3 Å². The van der Waals surface area contributed by atoms with Gasteiger partial charge in [-0.2, -0.15) is 0 Å². The molecule has 0 saturated carbocycles. The van der Waals surface area contributed by atoms with E-state index in [9.17, 15) is 14.4 Å². The second-order valence-corrected chi connectivity index (χ2v) is 7.18. The third-order valence-electron chi connectivity index (χ3n) is 4.62. The van der Waals surface area contributed by atoms with Crippen molar-refractivity contribution < 1.29 is 24.2 Å². The Morgan fingerprint density at radius 2 is 1.62 bits per heavy atom. The number of carboxylic acids is 1. The van der Waals surface area contributed by atoms with Gasteiger partial charge in [0.25, 0.3) is 11.8 Å². The number of carboxylic acid groups (broad SMARTS) is 1. The molecule has 0 unspecified atom stereocenters. The van der Waals surface area contributed by atoms with Crippen molar-refractivity contribution in [1.82, 2.24) is 5.32 Å². The first-order chi connectivity index (χ1) is 15.4. The van der Waals surface area contributed by atoms with Gasteiger partial charge in [0.05, 0.1) is 11.3 Å². The van der Waals surface area contributed by atoms with Crippen LogP contribution in [0.5, 0.6) is 11.5 Å². The summed E-state index contributed by atoms with van der Waals surface area (Å²) >= 11 is 5.21. The molecule has 4 rings (SSSR count). The standard InChI is InChI=1S/C24H16N2O5S/c27-21-20(14-15-5-4-6-16(13-15)23(29)30)22(28)26(24(32)25-21)17-9-11-19(12-10-17)31-18-7-2-1-3-8-18/h1-14H,(H,29,30)(H,25,27,32)/b20-14+. The Hall–Kier alpha value is -4.30. The lowest BCUT2D eigenvalue weighted by molar-refractivity contribution is -0.122. The normalized spacial score (nSPS) is 14.9. The molecule has 3 aromatic rings. The van der Waals surface area contributed by atoms with E-state index in [2.05, 4.69) is 5.32 Å². The number of thiocarbonyl (C=S) groups is 1. The fourth-order valence-corrected chi connectivity index (χ4v) is 3.39. The number of hydrogen-bond donors (Lipinski definition) is 2. The Morgan fingerprint density at radius 3 is 2.31 bits per heavy atom. The molecule has 3 aromatic carbocycles. The first kappa shape index (κ1) is 21.0. The predicted octanol–water partition coefficient (Wildman–Crippen LogP) is 4.01. The number of nitrogens with one attached hydrogen (secondary N) is 1. The molecule has 0 radical (unpaired) electrons. The molecule has 2 N–H and O–H groups in total. The van der Waals surface area contributed by atoms with E-state index < -0.39 is 17.8 Å². The van der Waals surface area contributed by atoms with Crippen molar-refractivity contribution in [2.45, 2.75) is 0 Å². The third kappa shape index (κ3) is 4.40. The molecular formula is C24H16N2O5S. The molecule has 158 valence electrons. The van der Waals surface area contributed by atoms with E-state index >= 15 is 0 Å². The number of amides is 2. The predicted molar refractivity (Wildman–Crippen MR) is 123 cm³/mol. The third-order valence-corrected chi connectivity index (χ3v) is 4.90. The van der Waals surface area contributed by atoms with Gasteiger partial charge in [0, 0.05) is 0 Å². The van der Waals surface area contributed by atoms with Crippen molar-refractivity contribution in [2.24, 2.45) is 0 Å². The van der Waals surface area contributed by atoms with Crippen LogP contribution in [0, 0.1) is 0 Å². The molecule has 0 aromatic heterocycles. The topological polar surface area (TPSA) is 95.9 Å². The quantitative estimate of drug-likeness (QED) is 0.351. The van der Waals surface area contributed by atoms with Gasteiger partial charge in [-0.25, -0.2) is 4.79 Å². The number of para-hydroxylation sites is 1. The number of hydrogen-bond acceptors (Lipinski definition) is 5. The Balaban J connectivity index is 1.61. The zero-order valence-corrected chi connectivity index (χ0v) is 17.3. The maximum atomic E-state index is 13.1. The lowest BCUT2D eigenvalue weighted by Crippen LogP contribution is -2.54. The van der Waals surface area contributed by atoms with E-state index in [1.54, 1.807) is 30.3 Å². The summed E-state index contributed by atoms with van der Waals surface area (Å²) in [6, 6.07) is 21.9. The van der Waals surface area contributed by atoms with Gasteiger partial charge in [-0.3, -0.25) is 19.8 Å². The molecule has 1 saturated heterocycles. The summed E-state index contributed by atoms with van der Waals surface area (Å²) < 4.78 is 5.76. The number of ether oxygens (including phenoxy) is 1. The van der Waals surface area contributed by atoms with Crippen LogP contribution in [0.1, 0.15) is 15.9 Å². The fourth-order valence-electron chi connectivity index (χ4n) is 3.11. The summed E-state index contributed by atoms with van der Waals surface area (Å²) in [5, 5.41) is 11.6.